The van der Waals surface area contributed by atoms with Gasteiger partial charge in [0.15, 0.2) is 0 Å². The van der Waals surface area contributed by atoms with Crippen molar-refractivity contribution in [2.75, 3.05) is 16.8 Å². The SMILES string of the molecule is O=C1CN(C(=O)c2ccc3cc[nH]c3c2)c2ccccc2N1. The van der Waals surface area contributed by atoms with Crippen molar-refractivity contribution in [2.24, 2.45) is 0 Å². The molecule has 0 radical (unpaired) electrons. The molecule has 0 saturated carbocycles. The van der Waals surface area contributed by atoms with Gasteiger partial charge in [0.05, 0.1) is 11.4 Å². The number of H-pyrrole nitrogens is 1. The van der Waals surface area contributed by atoms with Crippen LogP contribution in [0.3, 0.4) is 0 Å². The molecule has 3 aromatic rings. The molecule has 0 saturated heterocycles. The topological polar surface area (TPSA) is 65.2 Å². The van der Waals surface area contributed by atoms with Crippen LogP contribution in [0.2, 0.25) is 0 Å². The summed E-state index contributed by atoms with van der Waals surface area (Å²) in [5, 5.41) is 3.83. The standard InChI is InChI=1S/C17H13N3O2/c21-16-10-20(15-4-2-1-3-13(15)19-16)17(22)12-6-5-11-7-8-18-14(11)9-12/h1-9,18H,10H2,(H,19,21). The Hall–Kier alpha value is -3.08. The number of aromatic nitrogens is 1. The Balaban J connectivity index is 1.77. The maximum absolute atomic E-state index is 12.8. The quantitative estimate of drug-likeness (QED) is 0.724. The molecular weight excluding hydrogens is 278 g/mol. The monoisotopic (exact) mass is 291 g/mol. The summed E-state index contributed by atoms with van der Waals surface area (Å²) in [5.74, 6) is -0.369. The summed E-state index contributed by atoms with van der Waals surface area (Å²) in [6.07, 6.45) is 1.84. The number of aromatic amines is 1. The maximum atomic E-state index is 12.8. The Kier molecular flexibility index (Phi) is 2.72. The smallest absolute Gasteiger partial charge is 0.258 e. The molecule has 0 fully saturated rings. The third-order valence-electron chi connectivity index (χ3n) is 3.82. The largest absolute Gasteiger partial charge is 0.361 e. The molecule has 0 spiro atoms. The number of carbonyl (C=O) groups excluding carboxylic acids is 2. The Morgan fingerprint density at radius 1 is 1.09 bits per heavy atom. The van der Waals surface area contributed by atoms with E-state index < -0.39 is 0 Å². The van der Waals surface area contributed by atoms with Gasteiger partial charge < -0.3 is 10.3 Å². The number of nitrogens with one attached hydrogen (secondary N) is 2. The number of fused-ring (bicyclic) bond motifs is 2. The maximum Gasteiger partial charge on any atom is 0.258 e. The Morgan fingerprint density at radius 2 is 1.95 bits per heavy atom. The zero-order valence-corrected chi connectivity index (χ0v) is 11.7. The molecule has 2 heterocycles. The summed E-state index contributed by atoms with van der Waals surface area (Å²) >= 11 is 0. The summed E-state index contributed by atoms with van der Waals surface area (Å²) in [6.45, 7) is 0.0264. The van der Waals surface area contributed by atoms with E-state index in [0.717, 1.165) is 16.6 Å². The van der Waals surface area contributed by atoms with Gasteiger partial charge in [-0.1, -0.05) is 18.2 Å². The van der Waals surface area contributed by atoms with Gasteiger partial charge in [-0.2, -0.15) is 0 Å². The highest BCUT2D eigenvalue weighted by Crippen LogP contribution is 2.30. The number of hydrogen-bond acceptors (Lipinski definition) is 2. The molecule has 22 heavy (non-hydrogen) atoms. The van der Waals surface area contributed by atoms with Crippen molar-refractivity contribution in [3.8, 4) is 0 Å². The molecule has 1 aliphatic heterocycles. The van der Waals surface area contributed by atoms with Gasteiger partial charge in [-0.3, -0.25) is 14.5 Å². The zero-order valence-electron chi connectivity index (χ0n) is 11.7. The third kappa shape index (κ3) is 1.95. The van der Waals surface area contributed by atoms with Crippen LogP contribution in [0.4, 0.5) is 11.4 Å². The van der Waals surface area contributed by atoms with E-state index in [1.165, 1.54) is 4.90 Å². The second kappa shape index (κ2) is 4.73. The number of amides is 2. The lowest BCUT2D eigenvalue weighted by Crippen LogP contribution is -2.42. The molecule has 108 valence electrons. The molecule has 2 aromatic carbocycles. The fraction of sp³-hybridized carbons (Fsp3) is 0.0588. The van der Waals surface area contributed by atoms with Gasteiger partial charge >= 0.3 is 0 Å². The van der Waals surface area contributed by atoms with Gasteiger partial charge in [-0.15, -0.1) is 0 Å². The molecule has 5 heteroatoms. The van der Waals surface area contributed by atoms with Crippen LogP contribution in [0.15, 0.2) is 54.7 Å². The lowest BCUT2D eigenvalue weighted by atomic mass is 10.1. The first-order valence-electron chi connectivity index (χ1n) is 7.00. The van der Waals surface area contributed by atoms with E-state index in [1.54, 1.807) is 12.1 Å². The summed E-state index contributed by atoms with van der Waals surface area (Å²) < 4.78 is 0. The molecule has 1 aromatic heterocycles. The average Bonchev–Trinajstić information content (AvgIpc) is 3.00. The third-order valence-corrected chi connectivity index (χ3v) is 3.82. The van der Waals surface area contributed by atoms with E-state index in [-0.39, 0.29) is 18.4 Å². The van der Waals surface area contributed by atoms with Crippen LogP contribution >= 0.6 is 0 Å². The molecule has 4 rings (SSSR count). The van der Waals surface area contributed by atoms with Crippen molar-refractivity contribution in [3.63, 3.8) is 0 Å². The van der Waals surface area contributed by atoms with Crippen LogP contribution in [-0.4, -0.2) is 23.3 Å². The van der Waals surface area contributed by atoms with Gasteiger partial charge in [0.1, 0.15) is 6.54 Å². The van der Waals surface area contributed by atoms with Crippen LogP contribution in [0.25, 0.3) is 10.9 Å². The fourth-order valence-corrected chi connectivity index (χ4v) is 2.75. The second-order valence-corrected chi connectivity index (χ2v) is 5.24. The zero-order chi connectivity index (χ0) is 15.1. The molecule has 0 aliphatic carbocycles. The molecule has 0 atom stereocenters. The highest BCUT2D eigenvalue weighted by atomic mass is 16.2. The van der Waals surface area contributed by atoms with Crippen molar-refractivity contribution in [1.29, 1.82) is 0 Å². The van der Waals surface area contributed by atoms with E-state index in [0.29, 0.717) is 11.3 Å². The van der Waals surface area contributed by atoms with E-state index in [2.05, 4.69) is 10.3 Å². The van der Waals surface area contributed by atoms with Crippen molar-refractivity contribution >= 4 is 34.1 Å². The molecule has 1 aliphatic rings. The van der Waals surface area contributed by atoms with Gasteiger partial charge in [-0.05, 0) is 35.7 Å². The number of hydrogen-bond donors (Lipinski definition) is 2. The minimum Gasteiger partial charge on any atom is -0.361 e. The van der Waals surface area contributed by atoms with Crippen molar-refractivity contribution < 1.29 is 9.59 Å². The van der Waals surface area contributed by atoms with Gasteiger partial charge in [0.2, 0.25) is 5.91 Å². The first-order chi connectivity index (χ1) is 10.7. The highest BCUT2D eigenvalue weighted by Gasteiger charge is 2.27. The number of nitrogens with zero attached hydrogens (tertiary/aromatic N) is 1. The van der Waals surface area contributed by atoms with Gasteiger partial charge in [0.25, 0.3) is 5.91 Å². The van der Waals surface area contributed by atoms with E-state index >= 15 is 0 Å². The summed E-state index contributed by atoms with van der Waals surface area (Å²) in [6, 6.07) is 14.8. The molecule has 0 bridgehead atoms. The lowest BCUT2D eigenvalue weighted by molar-refractivity contribution is -0.115. The normalized spacial score (nSPS) is 13.8. The Bertz CT molecular complexity index is 898. The number of anilines is 2. The van der Waals surface area contributed by atoms with Crippen LogP contribution in [0.1, 0.15) is 10.4 Å². The summed E-state index contributed by atoms with van der Waals surface area (Å²) in [4.78, 5) is 29.2. The Labute approximate surface area is 126 Å². The summed E-state index contributed by atoms with van der Waals surface area (Å²) in [7, 11) is 0. The van der Waals surface area contributed by atoms with Crippen LogP contribution in [0, 0.1) is 0 Å². The van der Waals surface area contributed by atoms with Crippen LogP contribution in [-0.2, 0) is 4.79 Å². The van der Waals surface area contributed by atoms with Gasteiger partial charge in [-0.25, -0.2) is 0 Å². The van der Waals surface area contributed by atoms with E-state index in [9.17, 15) is 9.59 Å². The Morgan fingerprint density at radius 3 is 2.86 bits per heavy atom. The van der Waals surface area contributed by atoms with Crippen molar-refractivity contribution in [2.45, 2.75) is 0 Å². The van der Waals surface area contributed by atoms with Crippen LogP contribution in [0.5, 0.6) is 0 Å². The minimum atomic E-state index is -0.187. The fourth-order valence-electron chi connectivity index (χ4n) is 2.75. The van der Waals surface area contributed by atoms with Gasteiger partial charge in [0, 0.05) is 17.3 Å². The molecular formula is C17H13N3O2. The molecule has 2 amide bonds. The number of rotatable bonds is 1. The number of para-hydroxylation sites is 2. The molecule has 2 N–H and O–H groups in total. The average molecular weight is 291 g/mol. The predicted octanol–water partition coefficient (Wildman–Crippen LogP) is 2.77. The van der Waals surface area contributed by atoms with Crippen LogP contribution < -0.4 is 10.2 Å². The second-order valence-electron chi connectivity index (χ2n) is 5.24. The molecule has 0 unspecified atom stereocenters. The predicted molar refractivity (Wildman–Crippen MR) is 85.0 cm³/mol. The summed E-state index contributed by atoms with van der Waals surface area (Å²) in [5.41, 5.74) is 2.84. The van der Waals surface area contributed by atoms with E-state index in [4.69, 9.17) is 0 Å². The van der Waals surface area contributed by atoms with Crippen molar-refractivity contribution in [3.05, 3.63) is 60.3 Å². The number of benzene rings is 2. The number of carbonyl (C=O) groups is 2. The molecule has 5 nitrogen and oxygen atoms in total. The first-order valence-corrected chi connectivity index (χ1v) is 7.00. The minimum absolute atomic E-state index is 0.0264. The first kappa shape index (κ1) is 12.6. The van der Waals surface area contributed by atoms with E-state index in [1.807, 2.05) is 42.6 Å². The van der Waals surface area contributed by atoms with Crippen molar-refractivity contribution in [1.82, 2.24) is 4.98 Å². The highest BCUT2D eigenvalue weighted by molar-refractivity contribution is 6.15. The lowest BCUT2D eigenvalue weighted by Gasteiger charge is -2.29.